The maximum Gasteiger partial charge on any atom is 0.254 e. The molecule has 0 saturated heterocycles. The smallest absolute Gasteiger partial charge is 0.254 e. The average molecular weight is 491 g/mol. The third-order valence-corrected chi connectivity index (χ3v) is 7.67. The van der Waals surface area contributed by atoms with Crippen molar-refractivity contribution >= 4 is 23.2 Å². The van der Waals surface area contributed by atoms with Crippen molar-refractivity contribution in [1.82, 2.24) is 9.80 Å². The van der Waals surface area contributed by atoms with E-state index in [1.807, 2.05) is 47.4 Å². The number of hydrogen-bond donors (Lipinski definition) is 0. The minimum absolute atomic E-state index is 0.0413. The van der Waals surface area contributed by atoms with E-state index in [1.165, 1.54) is 4.88 Å². The fraction of sp³-hybridized carbons (Fsp3) is 0.357. The van der Waals surface area contributed by atoms with Gasteiger partial charge in [0.15, 0.2) is 0 Å². The van der Waals surface area contributed by atoms with Crippen LogP contribution in [0.3, 0.4) is 0 Å². The van der Waals surface area contributed by atoms with Crippen LogP contribution < -0.4 is 9.47 Å². The highest BCUT2D eigenvalue weighted by atomic mass is 32.1. The Morgan fingerprint density at radius 2 is 1.86 bits per heavy atom. The quantitative estimate of drug-likeness (QED) is 0.432. The number of benzene rings is 2. The number of carbonyl (C=O) groups is 2. The van der Waals surface area contributed by atoms with Crippen LogP contribution in [0.2, 0.25) is 0 Å². The second-order valence-corrected chi connectivity index (χ2v) is 10.1. The first-order valence-corrected chi connectivity index (χ1v) is 13.0. The lowest BCUT2D eigenvalue weighted by Crippen LogP contribution is -2.48. The number of thiophene rings is 1. The van der Waals surface area contributed by atoms with E-state index in [1.54, 1.807) is 35.5 Å². The molecule has 1 unspecified atom stereocenters. The summed E-state index contributed by atoms with van der Waals surface area (Å²) in [6.07, 6.45) is 3.03. The Bertz CT molecular complexity index is 1170. The van der Waals surface area contributed by atoms with Crippen molar-refractivity contribution in [3.8, 4) is 11.5 Å². The first-order valence-electron chi connectivity index (χ1n) is 12.1. The predicted molar refractivity (Wildman–Crippen MR) is 136 cm³/mol. The summed E-state index contributed by atoms with van der Waals surface area (Å²) in [6.45, 7) is 1.67. The normalized spacial score (nSPS) is 16.9. The van der Waals surface area contributed by atoms with Gasteiger partial charge in [0.1, 0.15) is 24.7 Å². The molecule has 1 aromatic heterocycles. The summed E-state index contributed by atoms with van der Waals surface area (Å²) in [6, 6.07) is 18.7. The van der Waals surface area contributed by atoms with Crippen LogP contribution in [-0.2, 0) is 11.2 Å². The number of methoxy groups -OCH3 is 1. The Morgan fingerprint density at radius 3 is 2.63 bits per heavy atom. The van der Waals surface area contributed by atoms with E-state index in [9.17, 15) is 9.59 Å². The molecule has 1 aliphatic heterocycles. The highest BCUT2D eigenvalue weighted by Gasteiger charge is 2.35. The molecule has 1 atom stereocenters. The molecule has 1 aliphatic carbocycles. The second-order valence-electron chi connectivity index (χ2n) is 9.14. The van der Waals surface area contributed by atoms with E-state index in [-0.39, 0.29) is 24.4 Å². The highest BCUT2D eigenvalue weighted by molar-refractivity contribution is 7.10. The van der Waals surface area contributed by atoms with Gasteiger partial charge in [-0.25, -0.2) is 0 Å². The molecule has 1 saturated carbocycles. The Balaban J connectivity index is 1.34. The molecular formula is C28H30N2O4S. The van der Waals surface area contributed by atoms with Crippen LogP contribution in [0, 0.1) is 5.92 Å². The first kappa shape index (κ1) is 23.4. The van der Waals surface area contributed by atoms with Gasteiger partial charge in [0.25, 0.3) is 5.91 Å². The van der Waals surface area contributed by atoms with Crippen LogP contribution in [0.5, 0.6) is 11.5 Å². The predicted octanol–water partition coefficient (Wildman–Crippen LogP) is 4.81. The molecule has 2 aliphatic rings. The van der Waals surface area contributed by atoms with E-state index in [4.69, 9.17) is 9.47 Å². The molecule has 5 rings (SSSR count). The zero-order valence-corrected chi connectivity index (χ0v) is 20.7. The van der Waals surface area contributed by atoms with Crippen molar-refractivity contribution in [3.63, 3.8) is 0 Å². The average Bonchev–Trinajstić information content (AvgIpc) is 3.59. The molecule has 35 heavy (non-hydrogen) atoms. The van der Waals surface area contributed by atoms with E-state index >= 15 is 0 Å². The number of rotatable bonds is 9. The Labute approximate surface area is 210 Å². The summed E-state index contributed by atoms with van der Waals surface area (Å²) in [7, 11) is 1.59. The molecule has 2 aromatic carbocycles. The van der Waals surface area contributed by atoms with Crippen LogP contribution in [0.15, 0.2) is 66.0 Å². The van der Waals surface area contributed by atoms with Gasteiger partial charge in [-0.3, -0.25) is 9.59 Å². The Hall–Kier alpha value is -3.32. The molecule has 2 amide bonds. The fourth-order valence-electron chi connectivity index (χ4n) is 4.59. The molecule has 7 heteroatoms. The molecule has 0 spiro atoms. The topological polar surface area (TPSA) is 59.1 Å². The zero-order valence-electron chi connectivity index (χ0n) is 19.9. The van der Waals surface area contributed by atoms with Crippen molar-refractivity contribution in [1.29, 1.82) is 0 Å². The van der Waals surface area contributed by atoms with Crippen LogP contribution in [0.4, 0.5) is 0 Å². The van der Waals surface area contributed by atoms with Crippen molar-refractivity contribution < 1.29 is 19.1 Å². The minimum atomic E-state index is -0.174. The van der Waals surface area contributed by atoms with E-state index in [0.717, 1.165) is 30.6 Å². The third kappa shape index (κ3) is 5.51. The molecule has 0 bridgehead atoms. The largest absolute Gasteiger partial charge is 0.497 e. The number of carbonyl (C=O) groups excluding carboxylic acids is 2. The molecule has 3 aromatic rings. The van der Waals surface area contributed by atoms with Crippen molar-refractivity contribution in [2.45, 2.75) is 25.3 Å². The van der Waals surface area contributed by atoms with Gasteiger partial charge in [-0.05, 0) is 72.5 Å². The molecule has 6 nitrogen and oxygen atoms in total. The highest BCUT2D eigenvalue weighted by Crippen LogP contribution is 2.35. The number of ether oxygens (including phenoxy) is 2. The van der Waals surface area contributed by atoms with Crippen molar-refractivity contribution in [2.75, 3.05) is 33.4 Å². The van der Waals surface area contributed by atoms with Gasteiger partial charge in [0, 0.05) is 23.5 Å². The summed E-state index contributed by atoms with van der Waals surface area (Å²) < 4.78 is 11.4. The van der Waals surface area contributed by atoms with Gasteiger partial charge in [0.2, 0.25) is 5.91 Å². The zero-order chi connectivity index (χ0) is 24.2. The molecule has 2 heterocycles. The number of fused-ring (bicyclic) bond motifs is 1. The number of hydrogen-bond acceptors (Lipinski definition) is 5. The summed E-state index contributed by atoms with van der Waals surface area (Å²) in [4.78, 5) is 32.0. The minimum Gasteiger partial charge on any atom is -0.497 e. The van der Waals surface area contributed by atoms with Gasteiger partial charge in [-0.15, -0.1) is 11.3 Å². The van der Waals surface area contributed by atoms with Gasteiger partial charge >= 0.3 is 0 Å². The second kappa shape index (κ2) is 10.5. The van der Waals surface area contributed by atoms with Crippen LogP contribution in [0.25, 0.3) is 0 Å². The fourth-order valence-corrected chi connectivity index (χ4v) is 5.52. The van der Waals surface area contributed by atoms with Crippen molar-refractivity contribution in [3.05, 3.63) is 82.0 Å². The number of amides is 2. The lowest BCUT2D eigenvalue weighted by atomic mass is 10.0. The Morgan fingerprint density at radius 1 is 1.06 bits per heavy atom. The maximum atomic E-state index is 13.7. The van der Waals surface area contributed by atoms with E-state index in [0.29, 0.717) is 36.9 Å². The van der Waals surface area contributed by atoms with Gasteiger partial charge in [0.05, 0.1) is 13.2 Å². The molecule has 182 valence electrons. The number of para-hydroxylation sites is 1. The molecule has 0 N–H and O–H groups in total. The first-order chi connectivity index (χ1) is 17.1. The number of nitrogens with zero attached hydrogens (tertiary/aromatic N) is 2. The van der Waals surface area contributed by atoms with Gasteiger partial charge < -0.3 is 19.3 Å². The lowest BCUT2D eigenvalue weighted by molar-refractivity contribution is -0.135. The summed E-state index contributed by atoms with van der Waals surface area (Å²) in [5.74, 6) is 1.72. The van der Waals surface area contributed by atoms with Crippen LogP contribution in [0.1, 0.15) is 39.7 Å². The molecule has 0 radical (unpaired) electrons. The van der Waals surface area contributed by atoms with E-state index in [2.05, 4.69) is 11.4 Å². The standard InChI is InChI=1S/C28H30N2O4S/c1-33-23-9-5-6-21(16-23)28(32)29(17-20-10-11-20)18-27(31)30-14-12-26-24(13-15-35-26)25(30)19-34-22-7-3-2-4-8-22/h2-9,13,15-16,20,25H,10-12,14,17-19H2,1H3. The van der Waals surface area contributed by atoms with Crippen LogP contribution in [-0.4, -0.2) is 55.0 Å². The monoisotopic (exact) mass is 490 g/mol. The molecular weight excluding hydrogens is 460 g/mol. The molecule has 1 fully saturated rings. The lowest BCUT2D eigenvalue weighted by Gasteiger charge is -2.37. The van der Waals surface area contributed by atoms with Gasteiger partial charge in [-0.2, -0.15) is 0 Å². The SMILES string of the molecule is COc1cccc(C(=O)N(CC(=O)N2CCc3sccc3C2COc2ccccc2)CC2CC2)c1. The van der Waals surface area contributed by atoms with Crippen molar-refractivity contribution in [2.24, 2.45) is 5.92 Å². The summed E-state index contributed by atoms with van der Waals surface area (Å²) >= 11 is 1.73. The summed E-state index contributed by atoms with van der Waals surface area (Å²) in [5, 5.41) is 2.08. The van der Waals surface area contributed by atoms with Crippen LogP contribution >= 0.6 is 11.3 Å². The Kier molecular flexibility index (Phi) is 7.04. The third-order valence-electron chi connectivity index (χ3n) is 6.67. The van der Waals surface area contributed by atoms with Gasteiger partial charge in [-0.1, -0.05) is 24.3 Å². The summed E-state index contributed by atoms with van der Waals surface area (Å²) in [5.41, 5.74) is 1.69. The maximum absolute atomic E-state index is 13.7. The van der Waals surface area contributed by atoms with E-state index < -0.39 is 0 Å².